The molecule has 1 aromatic heterocycles. The molecule has 0 amide bonds. The van der Waals surface area contributed by atoms with Gasteiger partial charge in [-0.05, 0) is 0 Å². The summed E-state index contributed by atoms with van der Waals surface area (Å²) in [6.07, 6.45) is -4.82. The molecule has 0 unspecified atom stereocenters. The number of halogens is 3. The summed E-state index contributed by atoms with van der Waals surface area (Å²) in [6.45, 7) is -0.202. The van der Waals surface area contributed by atoms with Gasteiger partial charge >= 0.3 is 12.3 Å². The Bertz CT molecular complexity index is 477. The molecule has 9 heteroatoms. The first kappa shape index (κ1) is 15.0. The van der Waals surface area contributed by atoms with Gasteiger partial charge in [-0.1, -0.05) is 0 Å². The minimum Gasteiger partial charge on any atom is -0.506 e. The maximum atomic E-state index is 12.2. The molecule has 0 aliphatic heterocycles. The molecule has 0 saturated carbocycles. The standard InChI is InChI=1S/C10H11F3N2O4/c1-18-8(16)2-5-7(19-10(11,12)13)4-15-6(3-14)9(5)17/h4,17H,2-3,14H2,1H3. The number of carbonyl (C=O) groups is 1. The molecule has 0 aliphatic carbocycles. The average molecular weight is 280 g/mol. The SMILES string of the molecule is COC(=O)Cc1c(OC(F)(F)F)cnc(CN)c1O. The highest BCUT2D eigenvalue weighted by Crippen LogP contribution is 2.33. The quantitative estimate of drug-likeness (QED) is 0.794. The van der Waals surface area contributed by atoms with Crippen molar-refractivity contribution in [2.24, 2.45) is 5.73 Å². The number of ether oxygens (including phenoxy) is 2. The van der Waals surface area contributed by atoms with Crippen LogP contribution in [0.5, 0.6) is 11.5 Å². The smallest absolute Gasteiger partial charge is 0.506 e. The molecule has 0 bridgehead atoms. The summed E-state index contributed by atoms with van der Waals surface area (Å²) in [5.41, 5.74) is 4.84. The number of carbonyl (C=O) groups excluding carboxylic acids is 1. The van der Waals surface area contributed by atoms with Crippen LogP contribution in [0.4, 0.5) is 13.2 Å². The zero-order chi connectivity index (χ0) is 14.6. The van der Waals surface area contributed by atoms with Gasteiger partial charge in [-0.2, -0.15) is 0 Å². The number of esters is 1. The third kappa shape index (κ3) is 3.98. The molecule has 0 radical (unpaired) electrons. The summed E-state index contributed by atoms with van der Waals surface area (Å²) in [4.78, 5) is 14.7. The second kappa shape index (κ2) is 5.74. The van der Waals surface area contributed by atoms with Crippen molar-refractivity contribution in [2.45, 2.75) is 19.3 Å². The van der Waals surface area contributed by atoms with Crippen LogP contribution in [-0.2, 0) is 22.5 Å². The van der Waals surface area contributed by atoms with Crippen molar-refractivity contribution in [1.82, 2.24) is 4.98 Å². The van der Waals surface area contributed by atoms with E-state index in [-0.39, 0.29) is 17.8 Å². The third-order valence-corrected chi connectivity index (χ3v) is 2.16. The van der Waals surface area contributed by atoms with E-state index in [4.69, 9.17) is 5.73 Å². The van der Waals surface area contributed by atoms with E-state index in [0.717, 1.165) is 13.3 Å². The Balaban J connectivity index is 3.22. The number of alkyl halides is 3. The molecule has 0 spiro atoms. The molecule has 0 aromatic carbocycles. The van der Waals surface area contributed by atoms with Crippen molar-refractivity contribution in [3.05, 3.63) is 17.5 Å². The van der Waals surface area contributed by atoms with Crippen LogP contribution in [0.25, 0.3) is 0 Å². The van der Waals surface area contributed by atoms with Crippen molar-refractivity contribution in [2.75, 3.05) is 7.11 Å². The van der Waals surface area contributed by atoms with Crippen LogP contribution in [0.1, 0.15) is 11.3 Å². The number of aromatic nitrogens is 1. The Labute approximate surface area is 105 Å². The van der Waals surface area contributed by atoms with E-state index in [2.05, 4.69) is 14.5 Å². The summed E-state index contributed by atoms with van der Waals surface area (Å²) in [5.74, 6) is -2.22. The van der Waals surface area contributed by atoms with Gasteiger partial charge in [-0.25, -0.2) is 0 Å². The first-order chi connectivity index (χ1) is 8.78. The van der Waals surface area contributed by atoms with Crippen LogP contribution in [0.2, 0.25) is 0 Å². The predicted octanol–water partition coefficient (Wildman–Crippen LogP) is 0.860. The fraction of sp³-hybridized carbons (Fsp3) is 0.400. The van der Waals surface area contributed by atoms with Gasteiger partial charge in [0.25, 0.3) is 0 Å². The number of rotatable bonds is 4. The summed E-state index contributed by atoms with van der Waals surface area (Å²) in [5, 5.41) is 9.71. The molecule has 1 rings (SSSR count). The number of hydrogen-bond donors (Lipinski definition) is 2. The number of nitrogens with two attached hydrogens (primary N) is 1. The van der Waals surface area contributed by atoms with Gasteiger partial charge in [0.2, 0.25) is 0 Å². The fourth-order valence-corrected chi connectivity index (χ4v) is 1.32. The highest BCUT2D eigenvalue weighted by Gasteiger charge is 2.33. The Morgan fingerprint density at radius 3 is 2.63 bits per heavy atom. The molecule has 0 aliphatic rings. The number of hydrogen-bond acceptors (Lipinski definition) is 6. The van der Waals surface area contributed by atoms with E-state index in [0.29, 0.717) is 0 Å². The van der Waals surface area contributed by atoms with Gasteiger partial charge in [-0.15, -0.1) is 13.2 Å². The summed E-state index contributed by atoms with van der Waals surface area (Å²) < 4.78 is 44.6. The maximum absolute atomic E-state index is 12.2. The molecular formula is C10H11F3N2O4. The van der Waals surface area contributed by atoms with E-state index >= 15 is 0 Å². The van der Waals surface area contributed by atoms with Crippen molar-refractivity contribution in [1.29, 1.82) is 0 Å². The molecule has 6 nitrogen and oxygen atoms in total. The molecule has 0 atom stereocenters. The lowest BCUT2D eigenvalue weighted by Crippen LogP contribution is -2.19. The van der Waals surface area contributed by atoms with Gasteiger partial charge in [0, 0.05) is 6.54 Å². The summed E-state index contributed by atoms with van der Waals surface area (Å²) in [6, 6.07) is 0. The van der Waals surface area contributed by atoms with Crippen LogP contribution in [0.15, 0.2) is 6.20 Å². The fourth-order valence-electron chi connectivity index (χ4n) is 1.32. The van der Waals surface area contributed by atoms with Crippen LogP contribution >= 0.6 is 0 Å². The first-order valence-corrected chi connectivity index (χ1v) is 5.00. The van der Waals surface area contributed by atoms with Crippen LogP contribution in [-0.4, -0.2) is 29.5 Å². The lowest BCUT2D eigenvalue weighted by atomic mass is 10.1. The Morgan fingerprint density at radius 2 is 2.16 bits per heavy atom. The molecule has 1 aromatic rings. The van der Waals surface area contributed by atoms with Crippen LogP contribution in [0.3, 0.4) is 0 Å². The summed E-state index contributed by atoms with van der Waals surface area (Å²) in [7, 11) is 1.06. The Morgan fingerprint density at radius 1 is 1.53 bits per heavy atom. The van der Waals surface area contributed by atoms with Gasteiger partial charge in [0.15, 0.2) is 5.75 Å². The molecule has 19 heavy (non-hydrogen) atoms. The van der Waals surface area contributed by atoms with Gasteiger partial charge in [0.05, 0.1) is 31.0 Å². The molecule has 0 saturated heterocycles. The van der Waals surface area contributed by atoms with E-state index in [9.17, 15) is 23.1 Å². The number of pyridine rings is 1. The van der Waals surface area contributed by atoms with Crippen LogP contribution < -0.4 is 10.5 Å². The van der Waals surface area contributed by atoms with E-state index in [1.54, 1.807) is 0 Å². The van der Waals surface area contributed by atoms with Gasteiger partial charge < -0.3 is 20.3 Å². The molecule has 1 heterocycles. The molecule has 3 N–H and O–H groups in total. The molecular weight excluding hydrogens is 269 g/mol. The topological polar surface area (TPSA) is 94.7 Å². The van der Waals surface area contributed by atoms with Gasteiger partial charge in [-0.3, -0.25) is 9.78 Å². The second-order valence-corrected chi connectivity index (χ2v) is 3.40. The van der Waals surface area contributed by atoms with E-state index < -0.39 is 30.3 Å². The van der Waals surface area contributed by atoms with Gasteiger partial charge in [0.1, 0.15) is 5.75 Å². The molecule has 0 fully saturated rings. The number of nitrogens with zero attached hydrogens (tertiary/aromatic N) is 1. The van der Waals surface area contributed by atoms with E-state index in [1.165, 1.54) is 0 Å². The second-order valence-electron chi connectivity index (χ2n) is 3.40. The van der Waals surface area contributed by atoms with Crippen molar-refractivity contribution in [3.63, 3.8) is 0 Å². The summed E-state index contributed by atoms with van der Waals surface area (Å²) >= 11 is 0. The average Bonchev–Trinajstić information content (AvgIpc) is 2.32. The Kier molecular flexibility index (Phi) is 4.54. The lowest BCUT2D eigenvalue weighted by Gasteiger charge is -2.15. The van der Waals surface area contributed by atoms with Crippen molar-refractivity contribution in [3.8, 4) is 11.5 Å². The minimum absolute atomic E-state index is 0.0478. The Hall–Kier alpha value is -2.03. The predicted molar refractivity (Wildman–Crippen MR) is 56.2 cm³/mol. The maximum Gasteiger partial charge on any atom is 0.573 e. The first-order valence-electron chi connectivity index (χ1n) is 5.00. The largest absolute Gasteiger partial charge is 0.573 e. The number of aromatic hydroxyl groups is 1. The highest BCUT2D eigenvalue weighted by molar-refractivity contribution is 5.74. The molecule has 106 valence electrons. The normalized spacial score (nSPS) is 11.2. The zero-order valence-electron chi connectivity index (χ0n) is 9.82. The van der Waals surface area contributed by atoms with Crippen molar-refractivity contribution >= 4 is 5.97 Å². The monoisotopic (exact) mass is 280 g/mol. The van der Waals surface area contributed by atoms with Crippen molar-refractivity contribution < 1.29 is 32.5 Å². The van der Waals surface area contributed by atoms with Crippen LogP contribution in [0, 0.1) is 0 Å². The number of methoxy groups -OCH3 is 1. The third-order valence-electron chi connectivity index (χ3n) is 2.16. The van der Waals surface area contributed by atoms with E-state index in [1.807, 2.05) is 0 Å². The minimum atomic E-state index is -4.97. The highest BCUT2D eigenvalue weighted by atomic mass is 19.4. The zero-order valence-corrected chi connectivity index (χ0v) is 9.82. The lowest BCUT2D eigenvalue weighted by molar-refractivity contribution is -0.275.